The minimum absolute atomic E-state index is 0.0184. The van der Waals surface area contributed by atoms with Gasteiger partial charge in [-0.1, -0.05) is 103 Å². The standard InChI is InChI=1S/C33H30NO/c1-33(2)28-20-13-14-21-29(28)34(3)32(33)22-12-4-7-15-25-23-30(26-16-8-5-9-17-26)35-31(24-25)27-18-10-6-11-19-27/h4-24H,1-3H3/q+1/b7-4+,22-12+. The van der Waals surface area contributed by atoms with Gasteiger partial charge in [0.05, 0.1) is 5.41 Å². The number of allylic oxidation sites excluding steroid dienone is 8. The molecule has 2 aliphatic heterocycles. The average molecular weight is 457 g/mol. The fourth-order valence-electron chi connectivity index (χ4n) is 4.79. The Morgan fingerprint density at radius 2 is 1.26 bits per heavy atom. The molecule has 3 aromatic carbocycles. The molecule has 2 heteroatoms. The number of benzene rings is 3. The monoisotopic (exact) mass is 456 g/mol. The van der Waals surface area contributed by atoms with Crippen molar-refractivity contribution in [2.24, 2.45) is 0 Å². The third kappa shape index (κ3) is 4.61. The number of rotatable bonds is 5. The summed E-state index contributed by atoms with van der Waals surface area (Å²) in [5.74, 6) is 1.70. The maximum atomic E-state index is 6.28. The smallest absolute Gasteiger partial charge is 0.209 e. The van der Waals surface area contributed by atoms with Gasteiger partial charge in [0.25, 0.3) is 0 Å². The molecule has 0 unspecified atom stereocenters. The zero-order valence-electron chi connectivity index (χ0n) is 20.5. The largest absolute Gasteiger partial charge is 0.456 e. The van der Waals surface area contributed by atoms with Crippen LogP contribution < -0.4 is 0 Å². The summed E-state index contributed by atoms with van der Waals surface area (Å²) < 4.78 is 8.58. The molecule has 35 heavy (non-hydrogen) atoms. The third-order valence-electron chi connectivity index (χ3n) is 6.64. The second-order valence-corrected chi connectivity index (χ2v) is 9.35. The zero-order chi connectivity index (χ0) is 24.3. The molecular formula is C33H30NO+. The van der Waals surface area contributed by atoms with E-state index in [4.69, 9.17) is 4.74 Å². The van der Waals surface area contributed by atoms with Crippen molar-refractivity contribution in [2.45, 2.75) is 19.3 Å². The van der Waals surface area contributed by atoms with Crippen LogP contribution in [0.15, 0.2) is 133 Å². The summed E-state index contributed by atoms with van der Waals surface area (Å²) in [5, 5.41) is 0. The molecule has 0 bridgehead atoms. The molecule has 172 valence electrons. The Balaban J connectivity index is 1.41. The summed E-state index contributed by atoms with van der Waals surface area (Å²) in [7, 11) is 2.15. The van der Waals surface area contributed by atoms with E-state index in [0.717, 1.165) is 28.2 Å². The van der Waals surface area contributed by atoms with E-state index in [0.29, 0.717) is 0 Å². The van der Waals surface area contributed by atoms with Crippen LogP contribution in [0.4, 0.5) is 5.69 Å². The normalized spacial score (nSPS) is 16.8. The Bertz CT molecular complexity index is 1360. The van der Waals surface area contributed by atoms with Crippen molar-refractivity contribution >= 4 is 22.9 Å². The third-order valence-corrected chi connectivity index (χ3v) is 6.64. The maximum absolute atomic E-state index is 6.28. The minimum Gasteiger partial charge on any atom is -0.456 e. The van der Waals surface area contributed by atoms with Gasteiger partial charge in [0.2, 0.25) is 5.69 Å². The lowest BCUT2D eigenvalue weighted by Crippen LogP contribution is -2.26. The Morgan fingerprint density at radius 1 is 0.686 bits per heavy atom. The van der Waals surface area contributed by atoms with Crippen molar-refractivity contribution in [2.75, 3.05) is 7.05 Å². The van der Waals surface area contributed by atoms with Crippen LogP contribution in [0.25, 0.3) is 11.5 Å². The lowest BCUT2D eigenvalue weighted by atomic mass is 9.81. The number of nitrogens with zero attached hydrogens (tertiary/aromatic N) is 1. The second kappa shape index (κ2) is 9.60. The zero-order valence-corrected chi connectivity index (χ0v) is 20.5. The van der Waals surface area contributed by atoms with Gasteiger partial charge in [-0.05, 0) is 31.6 Å². The first-order chi connectivity index (χ1) is 17.0. The topological polar surface area (TPSA) is 12.2 Å². The fraction of sp³-hybridized carbons (Fsp3) is 0.121. The van der Waals surface area contributed by atoms with Crippen LogP contribution in [0.5, 0.6) is 0 Å². The summed E-state index contributed by atoms with van der Waals surface area (Å²) in [6.07, 6.45) is 14.8. The van der Waals surface area contributed by atoms with E-state index in [1.54, 1.807) is 0 Å². The van der Waals surface area contributed by atoms with E-state index < -0.39 is 0 Å². The Kier molecular flexibility index (Phi) is 6.20. The van der Waals surface area contributed by atoms with Crippen molar-refractivity contribution in [3.05, 3.63) is 150 Å². The molecule has 2 aliphatic rings. The predicted octanol–water partition coefficient (Wildman–Crippen LogP) is 7.84. The minimum atomic E-state index is -0.0184. The van der Waals surface area contributed by atoms with E-state index >= 15 is 0 Å². The van der Waals surface area contributed by atoms with Crippen LogP contribution in [0.2, 0.25) is 0 Å². The van der Waals surface area contributed by atoms with E-state index in [-0.39, 0.29) is 5.41 Å². The highest BCUT2D eigenvalue weighted by Gasteiger charge is 2.42. The number of hydrogen-bond donors (Lipinski definition) is 0. The molecule has 0 saturated heterocycles. The average Bonchev–Trinajstić information content (AvgIpc) is 3.10. The molecule has 0 spiro atoms. The summed E-state index contributed by atoms with van der Waals surface area (Å²) in [6, 6.07) is 29.1. The lowest BCUT2D eigenvalue weighted by Gasteiger charge is -2.18. The molecular weight excluding hydrogens is 426 g/mol. The maximum Gasteiger partial charge on any atom is 0.209 e. The number of ether oxygens (including phenoxy) is 1. The van der Waals surface area contributed by atoms with Crippen LogP contribution in [-0.2, 0) is 10.2 Å². The van der Waals surface area contributed by atoms with Crippen molar-refractivity contribution in [3.8, 4) is 0 Å². The molecule has 2 nitrogen and oxygen atoms in total. The molecule has 2 heterocycles. The van der Waals surface area contributed by atoms with Gasteiger partial charge < -0.3 is 4.74 Å². The quantitative estimate of drug-likeness (QED) is 0.281. The van der Waals surface area contributed by atoms with Gasteiger partial charge in [0.1, 0.15) is 18.6 Å². The second-order valence-electron chi connectivity index (χ2n) is 9.35. The van der Waals surface area contributed by atoms with E-state index in [2.05, 4.69) is 117 Å². The van der Waals surface area contributed by atoms with E-state index in [1.165, 1.54) is 17.0 Å². The molecule has 0 fully saturated rings. The Morgan fingerprint density at radius 3 is 1.86 bits per heavy atom. The van der Waals surface area contributed by atoms with Crippen molar-refractivity contribution in [1.82, 2.24) is 0 Å². The van der Waals surface area contributed by atoms with Crippen molar-refractivity contribution in [3.63, 3.8) is 0 Å². The highest BCUT2D eigenvalue weighted by atomic mass is 16.5. The molecule has 0 amide bonds. The summed E-state index contributed by atoms with van der Waals surface area (Å²) in [6.45, 7) is 4.57. The first kappa shape index (κ1) is 22.6. The van der Waals surface area contributed by atoms with Crippen molar-refractivity contribution in [1.29, 1.82) is 0 Å². The van der Waals surface area contributed by atoms with Crippen LogP contribution in [-0.4, -0.2) is 17.3 Å². The van der Waals surface area contributed by atoms with Gasteiger partial charge in [-0.2, -0.15) is 4.58 Å². The van der Waals surface area contributed by atoms with Crippen molar-refractivity contribution < 1.29 is 9.31 Å². The van der Waals surface area contributed by atoms with E-state index in [9.17, 15) is 0 Å². The molecule has 0 aromatic heterocycles. The SMILES string of the molecule is C[N+]1=C(/C=C/C=C/C=C2C=C(c3ccccc3)OC(c3ccccc3)=C2)C(C)(C)c2ccccc21. The highest BCUT2D eigenvalue weighted by molar-refractivity contribution is 6.03. The van der Waals surface area contributed by atoms with Crippen LogP contribution in [0.3, 0.4) is 0 Å². The summed E-state index contributed by atoms with van der Waals surface area (Å²) >= 11 is 0. The van der Waals surface area contributed by atoms with Gasteiger partial charge in [0, 0.05) is 28.8 Å². The molecule has 0 saturated carbocycles. The first-order valence-electron chi connectivity index (χ1n) is 12.0. The molecule has 0 N–H and O–H groups in total. The van der Waals surface area contributed by atoms with Gasteiger partial charge in [-0.15, -0.1) is 0 Å². The van der Waals surface area contributed by atoms with E-state index in [1.807, 2.05) is 36.4 Å². The van der Waals surface area contributed by atoms with Crippen LogP contribution in [0.1, 0.15) is 30.5 Å². The van der Waals surface area contributed by atoms with Gasteiger partial charge in [-0.3, -0.25) is 0 Å². The number of hydrogen-bond acceptors (Lipinski definition) is 1. The predicted molar refractivity (Wildman–Crippen MR) is 147 cm³/mol. The molecule has 5 rings (SSSR count). The van der Waals surface area contributed by atoms with Gasteiger partial charge >= 0.3 is 0 Å². The molecule has 0 radical (unpaired) electrons. The fourth-order valence-corrected chi connectivity index (χ4v) is 4.79. The Hall–Kier alpha value is -4.17. The lowest BCUT2D eigenvalue weighted by molar-refractivity contribution is -0.401. The van der Waals surface area contributed by atoms with Gasteiger partial charge in [-0.25, -0.2) is 0 Å². The van der Waals surface area contributed by atoms with Crippen LogP contribution >= 0.6 is 0 Å². The van der Waals surface area contributed by atoms with Gasteiger partial charge in [0.15, 0.2) is 5.71 Å². The number of fused-ring (bicyclic) bond motifs is 1. The summed E-state index contributed by atoms with van der Waals surface area (Å²) in [4.78, 5) is 0. The first-order valence-corrected chi connectivity index (χ1v) is 12.0. The highest BCUT2D eigenvalue weighted by Crippen LogP contribution is 2.39. The number of para-hydroxylation sites is 1. The molecule has 0 aliphatic carbocycles. The Labute approximate surface area is 208 Å². The molecule has 3 aromatic rings. The van der Waals surface area contributed by atoms with Crippen LogP contribution in [0, 0.1) is 0 Å². The molecule has 0 atom stereocenters. The summed E-state index contributed by atoms with van der Waals surface area (Å²) in [5.41, 5.74) is 7.14.